The van der Waals surface area contributed by atoms with E-state index in [2.05, 4.69) is 45.8 Å². The molecule has 71 heavy (non-hydrogen) atoms. The van der Waals surface area contributed by atoms with Crippen LogP contribution in [0.4, 0.5) is 0 Å². The number of ether oxygens (including phenoxy) is 2. The van der Waals surface area contributed by atoms with Gasteiger partial charge in [-0.25, -0.2) is 0 Å². The molecular formula is C55H66Cl2N6O8. The zero-order valence-electron chi connectivity index (χ0n) is 40.4. The Morgan fingerprint density at radius 2 is 1.07 bits per heavy atom. The number of aromatic nitrogens is 2. The molecule has 3 fully saturated rings. The van der Waals surface area contributed by atoms with E-state index < -0.39 is 11.9 Å². The van der Waals surface area contributed by atoms with Gasteiger partial charge in [0.05, 0.1) is 57.1 Å². The molecule has 6 aromatic rings. The molecule has 2 aliphatic carbocycles. The number of carboxylic acids is 2. The minimum Gasteiger partial charge on any atom is -0.493 e. The highest BCUT2D eigenvalue weighted by molar-refractivity contribution is 6.33. The third-order valence-electron chi connectivity index (χ3n) is 15.3. The van der Waals surface area contributed by atoms with Crippen LogP contribution in [0.1, 0.15) is 69.4 Å². The van der Waals surface area contributed by atoms with Crippen LogP contribution in [-0.2, 0) is 22.7 Å². The lowest BCUT2D eigenvalue weighted by atomic mass is 9.80. The lowest BCUT2D eigenvalue weighted by molar-refractivity contribution is -0.138. The minimum absolute atomic E-state index is 0. The Morgan fingerprint density at radius 1 is 0.606 bits per heavy atom. The summed E-state index contributed by atoms with van der Waals surface area (Å²) in [6.07, 6.45) is 9.87. The molecule has 14 nitrogen and oxygen atoms in total. The number of pyridine rings is 2. The van der Waals surface area contributed by atoms with Crippen molar-refractivity contribution in [1.82, 2.24) is 28.7 Å². The van der Waals surface area contributed by atoms with Crippen molar-refractivity contribution in [2.45, 2.75) is 83.5 Å². The summed E-state index contributed by atoms with van der Waals surface area (Å²) in [6, 6.07) is 19.4. The van der Waals surface area contributed by atoms with Crippen molar-refractivity contribution in [3.63, 3.8) is 0 Å². The summed E-state index contributed by atoms with van der Waals surface area (Å²) < 4.78 is 14.3. The van der Waals surface area contributed by atoms with Gasteiger partial charge in [0.25, 0.3) is 0 Å². The average Bonchev–Trinajstić information content (AvgIpc) is 3.36. The van der Waals surface area contributed by atoms with Crippen LogP contribution in [-0.4, -0.2) is 144 Å². The molecule has 4 aliphatic rings. The Balaban J connectivity index is 0.000000188. The molecule has 1 unspecified atom stereocenters. The van der Waals surface area contributed by atoms with Crippen LogP contribution in [0.2, 0.25) is 10.0 Å². The summed E-state index contributed by atoms with van der Waals surface area (Å²) in [6.45, 7) is 8.39. The van der Waals surface area contributed by atoms with Gasteiger partial charge in [-0.3, -0.25) is 29.0 Å². The number of methoxy groups -OCH3 is 2. The van der Waals surface area contributed by atoms with Crippen molar-refractivity contribution in [2.75, 3.05) is 80.7 Å². The molecule has 2 aliphatic heterocycles. The Morgan fingerprint density at radius 3 is 1.54 bits per heavy atom. The van der Waals surface area contributed by atoms with Gasteiger partial charge in [0.2, 0.25) is 0 Å². The second-order valence-corrected chi connectivity index (χ2v) is 20.2. The lowest BCUT2D eigenvalue weighted by Gasteiger charge is -2.41. The van der Waals surface area contributed by atoms with Crippen LogP contribution < -0.4 is 20.3 Å². The number of benzene rings is 4. The summed E-state index contributed by atoms with van der Waals surface area (Å²) in [5.74, 6) is -0.968. The van der Waals surface area contributed by atoms with Gasteiger partial charge in [0.1, 0.15) is 13.1 Å². The van der Waals surface area contributed by atoms with E-state index in [4.69, 9.17) is 32.7 Å². The Kier molecular flexibility index (Phi) is 16.1. The molecule has 4 heterocycles. The number of hydrogen-bond donors (Lipinski definition) is 2. The van der Waals surface area contributed by atoms with Gasteiger partial charge >= 0.3 is 11.9 Å². The van der Waals surface area contributed by atoms with Gasteiger partial charge in [0, 0.05) is 75.2 Å². The van der Waals surface area contributed by atoms with E-state index in [0.29, 0.717) is 83.2 Å². The molecule has 378 valence electrons. The minimum atomic E-state index is -1.00. The Hall–Kier alpha value is -5.48. The first-order chi connectivity index (χ1) is 33.7. The molecule has 0 radical (unpaired) electrons. The molecule has 2 N–H and O–H groups in total. The summed E-state index contributed by atoms with van der Waals surface area (Å²) >= 11 is 12.7. The third-order valence-corrected chi connectivity index (χ3v) is 15.9. The first-order valence-corrected chi connectivity index (χ1v) is 25.1. The normalized spacial score (nSPS) is 20.6. The Labute approximate surface area is 424 Å². The van der Waals surface area contributed by atoms with Crippen LogP contribution in [0.5, 0.6) is 11.5 Å². The number of likely N-dealkylation sites (N-methyl/N-ethyl adjacent to an activating group) is 2. The molecule has 1 saturated carbocycles. The largest absolute Gasteiger partial charge is 0.493 e. The van der Waals surface area contributed by atoms with E-state index in [-0.39, 0.29) is 31.4 Å². The predicted molar refractivity (Wildman–Crippen MR) is 285 cm³/mol. The van der Waals surface area contributed by atoms with E-state index >= 15 is 0 Å². The maximum absolute atomic E-state index is 13.4. The number of allylic oxidation sites excluding steroid dienone is 1. The average molecular weight is 1010 g/mol. The van der Waals surface area contributed by atoms with E-state index in [1.165, 1.54) is 19.8 Å². The lowest BCUT2D eigenvalue weighted by Crippen LogP contribution is -2.49. The maximum Gasteiger partial charge on any atom is 0.323 e. The molecular weight excluding hydrogens is 944 g/mol. The molecule has 10 rings (SSSR count). The van der Waals surface area contributed by atoms with Crippen LogP contribution >= 0.6 is 23.2 Å². The fourth-order valence-electron chi connectivity index (χ4n) is 11.4. The molecule has 16 heteroatoms. The molecule has 2 aromatic heterocycles. The summed E-state index contributed by atoms with van der Waals surface area (Å²) in [5, 5.41) is 21.8. The zero-order chi connectivity index (χ0) is 49.4. The van der Waals surface area contributed by atoms with Crippen LogP contribution in [0.3, 0.4) is 0 Å². The highest BCUT2D eigenvalue weighted by Crippen LogP contribution is 2.39. The summed E-state index contributed by atoms with van der Waals surface area (Å²) in [5.41, 5.74) is 5.14. The van der Waals surface area contributed by atoms with Gasteiger partial charge in [-0.15, -0.1) is 0 Å². The van der Waals surface area contributed by atoms with E-state index in [0.717, 1.165) is 108 Å². The highest BCUT2D eigenvalue weighted by Gasteiger charge is 2.30. The SMILES string of the molecule is C.COc1c(Cl)ccc2c(=O)c3ccc(C4=CCC(N5CCN(C)CC5)CC4)cc3n(CC(=O)O)c12.COc1c(Cl)ccc2c(=O)c3ccc(C4CCC(N5CCN(C)CC5)CC4)cc3n(CC(=O)O)c12. The van der Waals surface area contributed by atoms with Gasteiger partial charge in [0.15, 0.2) is 22.4 Å². The molecule has 2 saturated heterocycles. The second kappa shape index (κ2) is 22.1. The number of fused-ring (bicyclic) bond motifs is 4. The van der Waals surface area contributed by atoms with Gasteiger partial charge in [-0.1, -0.05) is 48.8 Å². The second-order valence-electron chi connectivity index (χ2n) is 19.4. The smallest absolute Gasteiger partial charge is 0.323 e. The molecule has 4 aromatic carbocycles. The Bertz CT molecular complexity index is 3130. The molecule has 0 bridgehead atoms. The van der Waals surface area contributed by atoms with Crippen molar-refractivity contribution >= 4 is 84.3 Å². The van der Waals surface area contributed by atoms with Crippen molar-refractivity contribution in [3.8, 4) is 11.5 Å². The monoisotopic (exact) mass is 1010 g/mol. The topological polar surface area (TPSA) is 150 Å². The third kappa shape index (κ3) is 10.6. The van der Waals surface area contributed by atoms with E-state index in [1.807, 2.05) is 30.3 Å². The van der Waals surface area contributed by atoms with Gasteiger partial charge in [-0.05, 0) is 130 Å². The molecule has 1 atom stereocenters. The van der Waals surface area contributed by atoms with Crippen molar-refractivity contribution in [3.05, 3.63) is 108 Å². The quantitative estimate of drug-likeness (QED) is 0.126. The number of aliphatic carboxylic acids is 2. The fourth-order valence-corrected chi connectivity index (χ4v) is 11.9. The number of carbonyl (C=O) groups is 2. The van der Waals surface area contributed by atoms with Gasteiger partial charge in [-0.2, -0.15) is 0 Å². The predicted octanol–water partition coefficient (Wildman–Crippen LogP) is 8.90. The van der Waals surface area contributed by atoms with Gasteiger partial charge < -0.3 is 38.6 Å². The number of rotatable bonds is 10. The number of nitrogens with zero attached hydrogens (tertiary/aromatic N) is 6. The first-order valence-electron chi connectivity index (χ1n) is 24.4. The van der Waals surface area contributed by atoms with Crippen LogP contribution in [0.15, 0.2) is 76.3 Å². The summed E-state index contributed by atoms with van der Waals surface area (Å²) in [4.78, 5) is 60.4. The number of hydrogen-bond acceptors (Lipinski definition) is 10. The van der Waals surface area contributed by atoms with E-state index in [9.17, 15) is 29.4 Å². The number of piperazine rings is 2. The van der Waals surface area contributed by atoms with Crippen LogP contribution in [0, 0.1) is 0 Å². The number of halogens is 2. The zero-order valence-corrected chi connectivity index (χ0v) is 41.9. The van der Waals surface area contributed by atoms with Crippen molar-refractivity contribution in [2.24, 2.45) is 0 Å². The van der Waals surface area contributed by atoms with Crippen LogP contribution in [0.25, 0.3) is 49.2 Å². The van der Waals surface area contributed by atoms with E-state index in [1.54, 1.807) is 33.4 Å². The first kappa shape index (κ1) is 51.9. The molecule has 0 amide bonds. The fraction of sp³-hybridized carbons (Fsp3) is 0.455. The highest BCUT2D eigenvalue weighted by atomic mass is 35.5. The standard InChI is InChI=1S/C27H32ClN3O4.C27H30ClN3O4.CH4/c2*1-29-11-13-30(14-12-29)19-6-3-17(4-7-19)18-5-8-20-23(15-18)31(16-24(32)33)25-21(26(20)34)9-10-22(28)27(25)35-2;/h5,8-10,15,17,19H,3-4,6-7,11-14,16H2,1-2H3,(H,32,33);3,5,8-10,15,19H,4,6-7,11-14,16H2,1-2H3,(H,32,33);1H4. The maximum atomic E-state index is 13.4. The summed E-state index contributed by atoms with van der Waals surface area (Å²) in [7, 11) is 7.31. The van der Waals surface area contributed by atoms with Crippen molar-refractivity contribution < 1.29 is 29.3 Å². The van der Waals surface area contributed by atoms with Crippen molar-refractivity contribution in [1.29, 1.82) is 0 Å². The molecule has 0 spiro atoms. The number of carboxylic acid groups (broad SMARTS) is 2.